The summed E-state index contributed by atoms with van der Waals surface area (Å²) in [5, 5.41) is 105. The maximum atomic E-state index is 14.7. The molecule has 4 aromatic rings. The number of ether oxygens (including phenoxy) is 4. The zero-order valence-electron chi connectivity index (χ0n) is 26.7. The SMILES string of the molecule is O=C1CC(c2ccc(O)cc2)Oc2c1c(O)cc(O[C@]1(O)O[C@H](CO)[C@@H](O)[C@H](O)[C@H]1O)c2C1C(=O)c2c(O)cc(O)cc2OC1c1ccc(O)cc1. The van der Waals surface area contributed by atoms with Crippen LogP contribution in [0.5, 0.6) is 46.0 Å². The van der Waals surface area contributed by atoms with Crippen LogP contribution in [0.2, 0.25) is 0 Å². The van der Waals surface area contributed by atoms with Crippen LogP contribution < -0.4 is 14.2 Å². The van der Waals surface area contributed by atoms with Crippen molar-refractivity contribution in [3.05, 3.63) is 94.5 Å². The van der Waals surface area contributed by atoms with E-state index in [-0.39, 0.29) is 29.2 Å². The average Bonchev–Trinajstić information content (AvgIpc) is 3.09. The van der Waals surface area contributed by atoms with Crippen LogP contribution in [0.1, 0.15) is 62.0 Å². The van der Waals surface area contributed by atoms with E-state index < -0.39 is 112 Å². The fourth-order valence-electron chi connectivity index (χ4n) is 6.74. The number of hydrogen-bond acceptors (Lipinski definition) is 16. The third kappa shape index (κ3) is 5.76. The van der Waals surface area contributed by atoms with Crippen molar-refractivity contribution in [3.8, 4) is 46.0 Å². The minimum atomic E-state index is -3.28. The number of benzene rings is 4. The van der Waals surface area contributed by atoms with E-state index in [1.54, 1.807) is 0 Å². The van der Waals surface area contributed by atoms with Gasteiger partial charge < -0.3 is 70.0 Å². The Morgan fingerprint density at radius 1 is 0.750 bits per heavy atom. The van der Waals surface area contributed by atoms with Gasteiger partial charge in [-0.15, -0.1) is 0 Å². The molecule has 3 unspecified atom stereocenters. The van der Waals surface area contributed by atoms with Crippen molar-refractivity contribution >= 4 is 11.6 Å². The maximum Gasteiger partial charge on any atom is 0.355 e. The molecular weight excluding hydrogens is 688 g/mol. The van der Waals surface area contributed by atoms with Crippen molar-refractivity contribution in [2.24, 2.45) is 0 Å². The number of aromatic hydroxyl groups is 5. The van der Waals surface area contributed by atoms with Gasteiger partial charge in [-0.2, -0.15) is 0 Å². The standard InChI is InChI=1S/C36H32O16/c37-13-25-30(44)32(46)35(47)36(48,52-25)51-24-12-21(43)26-20(42)11-22(14-1-5-16(38)6-2-14)49-34(26)28(24)29-31(45)27-19(41)9-18(40)10-23(27)50-33(29)15-3-7-17(39)8-4-15/h1-10,12,22,25,29-30,32-33,35,37-41,43-44,46-48H,11,13H2/t22?,25-,29?,30-,32+,33?,35-,36+/m1/s1. The third-order valence-electron chi connectivity index (χ3n) is 9.30. The number of phenolic OH excluding ortho intramolecular Hbond substituents is 5. The number of carbonyl (C=O) groups excluding carboxylic acids is 2. The number of aliphatic hydroxyl groups excluding tert-OH is 4. The smallest absolute Gasteiger partial charge is 0.355 e. The van der Waals surface area contributed by atoms with Crippen molar-refractivity contribution in [3.63, 3.8) is 0 Å². The number of ketones is 2. The van der Waals surface area contributed by atoms with Gasteiger partial charge in [0, 0.05) is 18.2 Å². The fraction of sp³-hybridized carbons (Fsp3) is 0.278. The number of Topliss-reactive ketones (excluding diaryl/α,β-unsaturated/α-hetero) is 2. The minimum absolute atomic E-state index is 0.0840. The number of phenols is 5. The monoisotopic (exact) mass is 720 g/mol. The van der Waals surface area contributed by atoms with Crippen molar-refractivity contribution in [2.45, 2.75) is 54.9 Å². The Hall–Kier alpha value is -5.62. The molecule has 52 heavy (non-hydrogen) atoms. The molecule has 16 nitrogen and oxygen atoms in total. The van der Waals surface area contributed by atoms with Crippen LogP contribution in [0.4, 0.5) is 0 Å². The molecule has 0 radical (unpaired) electrons. The van der Waals surface area contributed by atoms with Gasteiger partial charge in [-0.05, 0) is 35.4 Å². The molecule has 10 N–H and O–H groups in total. The van der Waals surface area contributed by atoms with Crippen molar-refractivity contribution < 1.29 is 79.6 Å². The molecule has 3 aliphatic rings. The molecule has 0 saturated carbocycles. The second kappa shape index (κ2) is 12.9. The van der Waals surface area contributed by atoms with Crippen molar-refractivity contribution in [1.29, 1.82) is 0 Å². The summed E-state index contributed by atoms with van der Waals surface area (Å²) in [6.45, 7) is -0.967. The van der Waals surface area contributed by atoms with Gasteiger partial charge in [0.15, 0.2) is 17.7 Å². The maximum absolute atomic E-state index is 14.7. The lowest BCUT2D eigenvalue weighted by Crippen LogP contribution is -2.67. The van der Waals surface area contributed by atoms with E-state index in [0.717, 1.165) is 18.2 Å². The Bertz CT molecular complexity index is 2050. The normalized spacial score (nSPS) is 28.3. The van der Waals surface area contributed by atoms with Crippen molar-refractivity contribution in [1.82, 2.24) is 0 Å². The second-order valence-corrected chi connectivity index (χ2v) is 12.6. The molecule has 7 rings (SSSR count). The summed E-state index contributed by atoms with van der Waals surface area (Å²) in [5.41, 5.74) is -0.621. The highest BCUT2D eigenvalue weighted by Gasteiger charge is 2.56. The molecule has 0 bridgehead atoms. The first kappa shape index (κ1) is 34.8. The van der Waals surface area contributed by atoms with Gasteiger partial charge in [-0.3, -0.25) is 9.59 Å². The fourth-order valence-corrected chi connectivity index (χ4v) is 6.74. The van der Waals surface area contributed by atoms with Gasteiger partial charge in [-0.25, -0.2) is 0 Å². The minimum Gasteiger partial charge on any atom is -0.508 e. The van der Waals surface area contributed by atoms with Crippen molar-refractivity contribution in [2.75, 3.05) is 6.61 Å². The van der Waals surface area contributed by atoms with E-state index in [2.05, 4.69) is 0 Å². The summed E-state index contributed by atoms with van der Waals surface area (Å²) in [4.78, 5) is 28.5. The lowest BCUT2D eigenvalue weighted by Gasteiger charge is -2.45. The van der Waals surface area contributed by atoms with E-state index >= 15 is 0 Å². The molecule has 1 fully saturated rings. The molecular formula is C36H32O16. The van der Waals surface area contributed by atoms with E-state index in [1.807, 2.05) is 0 Å². The number of aliphatic hydroxyl groups is 5. The van der Waals surface area contributed by atoms with Gasteiger partial charge in [0.05, 0.1) is 24.5 Å². The Morgan fingerprint density at radius 3 is 2.00 bits per heavy atom. The first-order valence-electron chi connectivity index (χ1n) is 15.9. The molecule has 16 heteroatoms. The summed E-state index contributed by atoms with van der Waals surface area (Å²) >= 11 is 0. The Morgan fingerprint density at radius 2 is 1.37 bits per heavy atom. The van der Waals surface area contributed by atoms with E-state index in [0.29, 0.717) is 5.56 Å². The van der Waals surface area contributed by atoms with Gasteiger partial charge in [0.1, 0.15) is 87.6 Å². The quantitative estimate of drug-likeness (QED) is 0.126. The molecule has 272 valence electrons. The molecule has 0 aliphatic carbocycles. The Kier molecular flexibility index (Phi) is 8.61. The highest BCUT2D eigenvalue weighted by Crippen LogP contribution is 2.56. The average molecular weight is 721 g/mol. The molecule has 0 spiro atoms. The van der Waals surface area contributed by atoms with Gasteiger partial charge in [-0.1, -0.05) is 24.3 Å². The van der Waals surface area contributed by atoms with Crippen LogP contribution in [0, 0.1) is 0 Å². The summed E-state index contributed by atoms with van der Waals surface area (Å²) in [6.07, 6.45) is -11.0. The van der Waals surface area contributed by atoms with Gasteiger partial charge in [0.25, 0.3) is 0 Å². The van der Waals surface area contributed by atoms with Crippen LogP contribution in [0.15, 0.2) is 66.7 Å². The third-order valence-corrected chi connectivity index (χ3v) is 9.30. The summed E-state index contributed by atoms with van der Waals surface area (Å²) < 4.78 is 23.7. The number of rotatable bonds is 6. The first-order valence-corrected chi connectivity index (χ1v) is 15.9. The molecule has 3 heterocycles. The molecule has 8 atom stereocenters. The number of fused-ring (bicyclic) bond motifs is 2. The van der Waals surface area contributed by atoms with E-state index in [9.17, 15) is 60.7 Å². The van der Waals surface area contributed by atoms with Crippen LogP contribution >= 0.6 is 0 Å². The molecule has 3 aliphatic heterocycles. The van der Waals surface area contributed by atoms with Crippen LogP contribution in [0.25, 0.3) is 0 Å². The molecule has 4 aromatic carbocycles. The Balaban J connectivity index is 1.49. The number of carbonyl (C=O) groups is 2. The van der Waals surface area contributed by atoms with E-state index in [1.165, 1.54) is 48.5 Å². The van der Waals surface area contributed by atoms with Crippen LogP contribution in [-0.4, -0.2) is 99.6 Å². The summed E-state index contributed by atoms with van der Waals surface area (Å²) in [6, 6.07) is 13.8. The first-order chi connectivity index (χ1) is 24.7. The Labute approximate surface area is 293 Å². The van der Waals surface area contributed by atoms with Crippen LogP contribution in [-0.2, 0) is 4.74 Å². The molecule has 0 amide bonds. The lowest BCUT2D eigenvalue weighted by molar-refractivity contribution is -0.422. The molecule has 0 aromatic heterocycles. The highest BCUT2D eigenvalue weighted by molar-refractivity contribution is 6.09. The predicted octanol–water partition coefficient (Wildman–Crippen LogP) is 1.52. The topological polar surface area (TPSA) is 273 Å². The zero-order valence-corrected chi connectivity index (χ0v) is 26.7. The highest BCUT2D eigenvalue weighted by atomic mass is 16.8. The van der Waals surface area contributed by atoms with Crippen LogP contribution in [0.3, 0.4) is 0 Å². The zero-order chi connectivity index (χ0) is 37.2. The van der Waals surface area contributed by atoms with E-state index in [4.69, 9.17) is 18.9 Å². The summed E-state index contributed by atoms with van der Waals surface area (Å²) in [5.74, 6) is -10.1. The number of hydrogen-bond donors (Lipinski definition) is 10. The molecule has 1 saturated heterocycles. The lowest BCUT2D eigenvalue weighted by atomic mass is 9.78. The second-order valence-electron chi connectivity index (χ2n) is 12.6. The predicted molar refractivity (Wildman–Crippen MR) is 172 cm³/mol. The summed E-state index contributed by atoms with van der Waals surface area (Å²) in [7, 11) is 0. The van der Waals surface area contributed by atoms with Gasteiger partial charge in [0.2, 0.25) is 0 Å². The van der Waals surface area contributed by atoms with Gasteiger partial charge >= 0.3 is 5.97 Å². The largest absolute Gasteiger partial charge is 0.508 e.